The van der Waals surface area contributed by atoms with Crippen molar-refractivity contribution in [3.63, 3.8) is 0 Å². The van der Waals surface area contributed by atoms with E-state index in [1.165, 1.54) is 17.6 Å². The van der Waals surface area contributed by atoms with E-state index in [4.69, 9.17) is 10.2 Å². The molecule has 0 radical (unpaired) electrons. The van der Waals surface area contributed by atoms with Gasteiger partial charge in [0.15, 0.2) is 0 Å². The van der Waals surface area contributed by atoms with Gasteiger partial charge in [0, 0.05) is 20.6 Å². The Balaban J connectivity index is 1.99. The second-order valence-corrected chi connectivity index (χ2v) is 8.11. The predicted octanol–water partition coefficient (Wildman–Crippen LogP) is 5.86. The molecule has 0 spiro atoms. The molecule has 0 amide bonds. The van der Waals surface area contributed by atoms with E-state index >= 15 is 0 Å². The molecule has 0 saturated carbocycles. The van der Waals surface area contributed by atoms with Crippen molar-refractivity contribution in [3.8, 4) is 16.9 Å². The van der Waals surface area contributed by atoms with Crippen molar-refractivity contribution >= 4 is 27.9 Å². The van der Waals surface area contributed by atoms with Gasteiger partial charge in [-0.2, -0.15) is 5.10 Å². The first kappa shape index (κ1) is 18.2. The van der Waals surface area contributed by atoms with E-state index in [9.17, 15) is 0 Å². The van der Waals surface area contributed by atoms with Crippen molar-refractivity contribution in [2.24, 2.45) is 11.1 Å². The maximum absolute atomic E-state index is 5.63. The van der Waals surface area contributed by atoms with E-state index in [1.54, 1.807) is 0 Å². The Labute approximate surface area is 161 Å². The van der Waals surface area contributed by atoms with E-state index in [0.717, 1.165) is 39.2 Å². The smallest absolute Gasteiger partial charge is 0.0930 e. The summed E-state index contributed by atoms with van der Waals surface area (Å²) in [6, 6.07) is 18.7. The molecular weight excluding hydrogens is 394 g/mol. The van der Waals surface area contributed by atoms with Gasteiger partial charge < -0.3 is 0 Å². The number of hydrogen-bond donors (Lipinski definition) is 1. The monoisotopic (exact) mass is 415 g/mol. The zero-order valence-corrected chi connectivity index (χ0v) is 16.8. The first-order valence-corrected chi connectivity index (χ1v) is 10.1. The zero-order valence-electron chi connectivity index (χ0n) is 14.4. The van der Waals surface area contributed by atoms with Crippen molar-refractivity contribution in [2.45, 2.75) is 31.6 Å². The van der Waals surface area contributed by atoms with Crippen LogP contribution in [0.15, 0.2) is 64.0 Å². The van der Waals surface area contributed by atoms with Gasteiger partial charge >= 0.3 is 0 Å². The first-order chi connectivity index (χ1) is 12.1. The third kappa shape index (κ3) is 4.54. The average Bonchev–Trinajstić information content (AvgIpc) is 3.05. The fourth-order valence-electron chi connectivity index (χ4n) is 2.69. The van der Waals surface area contributed by atoms with E-state index in [0.29, 0.717) is 5.92 Å². The molecule has 3 rings (SSSR count). The van der Waals surface area contributed by atoms with Crippen LogP contribution in [0.3, 0.4) is 0 Å². The molecule has 3 aromatic rings. The number of aryl methyl sites for hydroxylation is 1. The van der Waals surface area contributed by atoms with Gasteiger partial charge in [0.1, 0.15) is 0 Å². The number of nitrogens with two attached hydrogens (primary N) is 1. The Hall–Kier alpha value is -1.56. The number of benzene rings is 2. The van der Waals surface area contributed by atoms with Gasteiger partial charge in [0.05, 0.1) is 11.4 Å². The molecular formula is C20H22BrN3S. The van der Waals surface area contributed by atoms with Crippen LogP contribution in [-0.2, 0) is 6.42 Å². The minimum Gasteiger partial charge on any atom is -0.274 e. The number of rotatable bonds is 6. The van der Waals surface area contributed by atoms with Crippen LogP contribution in [0.4, 0.5) is 0 Å². The maximum Gasteiger partial charge on any atom is 0.0930 e. The Kier molecular flexibility index (Phi) is 5.99. The molecule has 25 heavy (non-hydrogen) atoms. The fraction of sp³-hybridized carbons (Fsp3) is 0.250. The van der Waals surface area contributed by atoms with Gasteiger partial charge in [0.25, 0.3) is 0 Å². The highest BCUT2D eigenvalue weighted by Crippen LogP contribution is 2.25. The Morgan fingerprint density at radius 1 is 1.08 bits per heavy atom. The van der Waals surface area contributed by atoms with Gasteiger partial charge in [-0.3, -0.25) is 5.14 Å². The van der Waals surface area contributed by atoms with Crippen molar-refractivity contribution < 1.29 is 0 Å². The highest BCUT2D eigenvalue weighted by atomic mass is 79.9. The van der Waals surface area contributed by atoms with Gasteiger partial charge in [0.2, 0.25) is 0 Å². The quantitative estimate of drug-likeness (QED) is 0.512. The van der Waals surface area contributed by atoms with Crippen molar-refractivity contribution in [2.75, 3.05) is 0 Å². The summed E-state index contributed by atoms with van der Waals surface area (Å²) in [6.45, 7) is 4.51. The fourth-order valence-corrected chi connectivity index (χ4v) is 3.24. The number of halogens is 1. The van der Waals surface area contributed by atoms with Crippen LogP contribution in [0.5, 0.6) is 0 Å². The molecule has 130 valence electrons. The van der Waals surface area contributed by atoms with Crippen LogP contribution in [0.2, 0.25) is 0 Å². The van der Waals surface area contributed by atoms with Gasteiger partial charge in [-0.05, 0) is 73.2 Å². The van der Waals surface area contributed by atoms with Crippen molar-refractivity contribution in [1.82, 2.24) is 9.78 Å². The molecule has 0 atom stereocenters. The summed E-state index contributed by atoms with van der Waals surface area (Å²) in [5.74, 6) is 0.662. The van der Waals surface area contributed by atoms with Gasteiger partial charge in [-0.15, -0.1) is 0 Å². The summed E-state index contributed by atoms with van der Waals surface area (Å²) >= 11 is 4.75. The van der Waals surface area contributed by atoms with Gasteiger partial charge in [-0.1, -0.05) is 41.9 Å². The van der Waals surface area contributed by atoms with Crippen molar-refractivity contribution in [3.05, 3.63) is 64.8 Å². The van der Waals surface area contributed by atoms with E-state index in [2.05, 4.69) is 76.9 Å². The molecule has 0 aliphatic carbocycles. The summed E-state index contributed by atoms with van der Waals surface area (Å²) in [5.41, 5.74) is 4.44. The molecule has 5 heteroatoms. The molecule has 0 fully saturated rings. The Morgan fingerprint density at radius 2 is 1.76 bits per heavy atom. The lowest BCUT2D eigenvalue weighted by Crippen LogP contribution is -2.03. The van der Waals surface area contributed by atoms with Crippen LogP contribution < -0.4 is 5.14 Å². The summed E-state index contributed by atoms with van der Waals surface area (Å²) in [4.78, 5) is 1.05. The predicted molar refractivity (Wildman–Crippen MR) is 110 cm³/mol. The van der Waals surface area contributed by atoms with Gasteiger partial charge in [-0.25, -0.2) is 4.68 Å². The number of hydrogen-bond acceptors (Lipinski definition) is 3. The lowest BCUT2D eigenvalue weighted by molar-refractivity contribution is 0.573. The summed E-state index contributed by atoms with van der Waals surface area (Å²) < 4.78 is 3.13. The average molecular weight is 416 g/mol. The lowest BCUT2D eigenvalue weighted by atomic mass is 10.1. The van der Waals surface area contributed by atoms with Crippen LogP contribution in [0.1, 0.15) is 26.0 Å². The normalized spacial score (nSPS) is 11.2. The molecule has 0 saturated heterocycles. The molecule has 0 aliphatic heterocycles. The van der Waals surface area contributed by atoms with Crippen molar-refractivity contribution in [1.29, 1.82) is 0 Å². The number of nitrogens with zero attached hydrogens (tertiary/aromatic N) is 2. The highest BCUT2D eigenvalue weighted by molar-refractivity contribution is 9.10. The molecule has 1 aromatic heterocycles. The Bertz CT molecular complexity index is 823. The second kappa shape index (κ2) is 8.21. The SMILES string of the molecule is CC(C)CCc1cc(-c2ccc(Br)cc2)nn1-c1ccc(SN)cc1. The van der Waals surface area contributed by atoms with E-state index in [-0.39, 0.29) is 0 Å². The zero-order chi connectivity index (χ0) is 17.8. The molecule has 3 nitrogen and oxygen atoms in total. The molecule has 2 aromatic carbocycles. The number of aromatic nitrogens is 2. The topological polar surface area (TPSA) is 43.8 Å². The minimum absolute atomic E-state index is 0.662. The minimum atomic E-state index is 0.662. The third-order valence-corrected chi connectivity index (χ3v) is 5.19. The summed E-state index contributed by atoms with van der Waals surface area (Å²) in [6.07, 6.45) is 2.15. The van der Waals surface area contributed by atoms with Crippen LogP contribution in [0, 0.1) is 5.92 Å². The third-order valence-electron chi connectivity index (χ3n) is 4.12. The maximum atomic E-state index is 5.63. The molecule has 0 aliphatic rings. The molecule has 2 N–H and O–H groups in total. The summed E-state index contributed by atoms with van der Waals surface area (Å²) in [7, 11) is 0. The lowest BCUT2D eigenvalue weighted by Gasteiger charge is -2.09. The summed E-state index contributed by atoms with van der Waals surface area (Å²) in [5, 5.41) is 10.5. The highest BCUT2D eigenvalue weighted by Gasteiger charge is 2.12. The Morgan fingerprint density at radius 3 is 2.36 bits per heavy atom. The molecule has 1 heterocycles. The van der Waals surface area contributed by atoms with Crippen LogP contribution in [0.25, 0.3) is 16.9 Å². The molecule has 0 unspecified atom stereocenters. The van der Waals surface area contributed by atoms with Crippen LogP contribution in [-0.4, -0.2) is 9.78 Å². The standard InChI is InChI=1S/C20H22BrN3S/c1-14(2)3-8-18-13-20(15-4-6-16(21)7-5-15)23-24(18)17-9-11-19(25-22)12-10-17/h4-7,9-14H,3,8,22H2,1-2H3. The first-order valence-electron chi connectivity index (χ1n) is 8.39. The molecule has 0 bridgehead atoms. The van der Waals surface area contributed by atoms with Crippen LogP contribution >= 0.6 is 27.9 Å². The van der Waals surface area contributed by atoms with E-state index in [1.807, 2.05) is 12.1 Å². The largest absolute Gasteiger partial charge is 0.274 e. The van der Waals surface area contributed by atoms with E-state index < -0.39 is 0 Å². The second-order valence-electron chi connectivity index (χ2n) is 6.48.